The molecule has 0 spiro atoms. The van der Waals surface area contributed by atoms with Gasteiger partial charge in [0.1, 0.15) is 0 Å². The van der Waals surface area contributed by atoms with Gasteiger partial charge in [-0.1, -0.05) is 30.3 Å². The van der Waals surface area contributed by atoms with E-state index < -0.39 is 5.97 Å². The smallest absolute Gasteiger partial charge is 0.335 e. The second-order valence-electron chi connectivity index (χ2n) is 6.61. The van der Waals surface area contributed by atoms with Crippen molar-refractivity contribution in [2.45, 2.75) is 6.54 Å². The minimum atomic E-state index is -0.936. The van der Waals surface area contributed by atoms with E-state index in [-0.39, 0.29) is 5.56 Å². The third-order valence-electron chi connectivity index (χ3n) is 4.75. The number of nitrogens with two attached hydrogens (primary N) is 1. The standard InChI is InChI=1S/C23H17N3O2/c1-25-19-9-10-22-20(12-19)21(17-3-2-4-18(24)11-17)14-26(22)13-15-5-7-16(8-6-15)23(27)28/h2-12,14H,13,24H2,(H,27,28). The van der Waals surface area contributed by atoms with E-state index in [4.69, 9.17) is 17.4 Å². The number of fused-ring (bicyclic) bond motifs is 1. The van der Waals surface area contributed by atoms with Crippen molar-refractivity contribution in [1.82, 2.24) is 4.57 Å². The van der Waals surface area contributed by atoms with E-state index in [1.54, 1.807) is 12.1 Å². The summed E-state index contributed by atoms with van der Waals surface area (Å²) in [6.45, 7) is 7.91. The molecule has 1 aromatic heterocycles. The molecule has 0 fully saturated rings. The van der Waals surface area contributed by atoms with Gasteiger partial charge in [-0.05, 0) is 52.9 Å². The normalized spacial score (nSPS) is 10.7. The molecule has 0 saturated carbocycles. The number of hydrogen-bond acceptors (Lipinski definition) is 2. The number of aromatic carboxylic acids is 1. The van der Waals surface area contributed by atoms with Gasteiger partial charge in [0, 0.05) is 29.5 Å². The van der Waals surface area contributed by atoms with Crippen LogP contribution in [0.2, 0.25) is 0 Å². The monoisotopic (exact) mass is 367 g/mol. The summed E-state index contributed by atoms with van der Waals surface area (Å²) in [6, 6.07) is 20.2. The largest absolute Gasteiger partial charge is 0.478 e. The van der Waals surface area contributed by atoms with E-state index in [1.807, 2.05) is 54.6 Å². The molecule has 5 heteroatoms. The van der Waals surface area contributed by atoms with Crippen LogP contribution in [0.3, 0.4) is 0 Å². The van der Waals surface area contributed by atoms with Gasteiger partial charge < -0.3 is 15.4 Å². The Morgan fingerprint density at radius 2 is 1.86 bits per heavy atom. The van der Waals surface area contributed by atoms with Crippen LogP contribution >= 0.6 is 0 Å². The number of rotatable bonds is 4. The molecule has 0 aliphatic carbocycles. The maximum absolute atomic E-state index is 11.1. The first-order chi connectivity index (χ1) is 13.5. The summed E-state index contributed by atoms with van der Waals surface area (Å²) in [5.74, 6) is -0.936. The summed E-state index contributed by atoms with van der Waals surface area (Å²) < 4.78 is 2.11. The summed E-state index contributed by atoms with van der Waals surface area (Å²) in [5.41, 5.74) is 11.5. The van der Waals surface area contributed by atoms with Crippen LogP contribution in [0.1, 0.15) is 15.9 Å². The van der Waals surface area contributed by atoms with Crippen LogP contribution in [-0.2, 0) is 6.54 Å². The van der Waals surface area contributed by atoms with Crippen molar-refractivity contribution < 1.29 is 9.90 Å². The molecule has 3 N–H and O–H groups in total. The Kier molecular flexibility index (Phi) is 4.30. The lowest BCUT2D eigenvalue weighted by atomic mass is 10.0. The van der Waals surface area contributed by atoms with E-state index in [1.165, 1.54) is 0 Å². The Balaban J connectivity index is 1.82. The lowest BCUT2D eigenvalue weighted by Gasteiger charge is -2.06. The maximum Gasteiger partial charge on any atom is 0.335 e. The first-order valence-corrected chi connectivity index (χ1v) is 8.73. The van der Waals surface area contributed by atoms with Gasteiger partial charge in [0.05, 0.1) is 12.1 Å². The van der Waals surface area contributed by atoms with Crippen molar-refractivity contribution in [2.75, 3.05) is 5.73 Å². The van der Waals surface area contributed by atoms with Crippen molar-refractivity contribution in [3.05, 3.63) is 95.5 Å². The van der Waals surface area contributed by atoms with Crippen molar-refractivity contribution in [3.63, 3.8) is 0 Å². The van der Waals surface area contributed by atoms with Gasteiger partial charge in [-0.2, -0.15) is 0 Å². The van der Waals surface area contributed by atoms with Crippen molar-refractivity contribution in [2.24, 2.45) is 0 Å². The first kappa shape index (κ1) is 17.4. The molecule has 4 aromatic rings. The predicted octanol–water partition coefficient (Wildman–Crippen LogP) is 5.19. The van der Waals surface area contributed by atoms with Crippen LogP contribution in [0.15, 0.2) is 72.9 Å². The van der Waals surface area contributed by atoms with Gasteiger partial charge in [-0.15, -0.1) is 0 Å². The third-order valence-corrected chi connectivity index (χ3v) is 4.75. The zero-order valence-electron chi connectivity index (χ0n) is 15.0. The molecule has 1 heterocycles. The van der Waals surface area contributed by atoms with Crippen LogP contribution in [0.25, 0.3) is 26.9 Å². The zero-order chi connectivity index (χ0) is 19.7. The maximum atomic E-state index is 11.1. The molecule has 3 aromatic carbocycles. The number of carbonyl (C=O) groups is 1. The third kappa shape index (κ3) is 3.19. The molecule has 0 bridgehead atoms. The number of carboxylic acid groups (broad SMARTS) is 1. The lowest BCUT2D eigenvalue weighted by molar-refractivity contribution is 0.0697. The van der Waals surface area contributed by atoms with Gasteiger partial charge in [0.25, 0.3) is 0 Å². The predicted molar refractivity (Wildman–Crippen MR) is 111 cm³/mol. The molecular formula is C23H17N3O2. The molecule has 28 heavy (non-hydrogen) atoms. The van der Waals surface area contributed by atoms with Crippen LogP contribution < -0.4 is 5.73 Å². The minimum absolute atomic E-state index is 0.267. The zero-order valence-corrected chi connectivity index (χ0v) is 15.0. The fraction of sp³-hybridized carbons (Fsp3) is 0.0435. The van der Waals surface area contributed by atoms with E-state index in [9.17, 15) is 4.79 Å². The highest BCUT2D eigenvalue weighted by atomic mass is 16.4. The number of nitrogen functional groups attached to an aromatic ring is 1. The topological polar surface area (TPSA) is 72.6 Å². The molecule has 136 valence electrons. The van der Waals surface area contributed by atoms with Crippen molar-refractivity contribution in [1.29, 1.82) is 0 Å². The van der Waals surface area contributed by atoms with E-state index >= 15 is 0 Å². The summed E-state index contributed by atoms with van der Waals surface area (Å²) in [4.78, 5) is 14.6. The molecule has 5 nitrogen and oxygen atoms in total. The SMILES string of the molecule is [C-]#[N+]c1ccc2c(c1)c(-c1cccc(N)c1)cn2Cc1ccc(C(=O)O)cc1. The number of nitrogens with zero attached hydrogens (tertiary/aromatic N) is 2. The molecule has 0 aliphatic heterocycles. The second-order valence-corrected chi connectivity index (χ2v) is 6.61. The number of carboxylic acids is 1. The molecule has 0 atom stereocenters. The van der Waals surface area contributed by atoms with Crippen LogP contribution in [-0.4, -0.2) is 15.6 Å². The first-order valence-electron chi connectivity index (χ1n) is 8.73. The average molecular weight is 367 g/mol. The van der Waals surface area contributed by atoms with Crippen LogP contribution in [0.5, 0.6) is 0 Å². The molecule has 0 amide bonds. The van der Waals surface area contributed by atoms with Crippen molar-refractivity contribution >= 4 is 28.2 Å². The van der Waals surface area contributed by atoms with Gasteiger partial charge in [-0.25, -0.2) is 9.64 Å². The van der Waals surface area contributed by atoms with E-state index in [0.717, 1.165) is 27.6 Å². The summed E-state index contributed by atoms with van der Waals surface area (Å²) in [7, 11) is 0. The van der Waals surface area contributed by atoms with E-state index in [2.05, 4.69) is 15.6 Å². The number of hydrogen-bond donors (Lipinski definition) is 2. The quantitative estimate of drug-likeness (QED) is 0.385. The van der Waals surface area contributed by atoms with Crippen LogP contribution in [0, 0.1) is 6.57 Å². The number of anilines is 1. The van der Waals surface area contributed by atoms with Gasteiger partial charge in [0.15, 0.2) is 5.69 Å². The molecule has 0 saturated heterocycles. The molecule has 0 aliphatic rings. The van der Waals surface area contributed by atoms with Gasteiger partial charge in [-0.3, -0.25) is 0 Å². The lowest BCUT2D eigenvalue weighted by Crippen LogP contribution is -2.00. The summed E-state index contributed by atoms with van der Waals surface area (Å²) >= 11 is 0. The highest BCUT2D eigenvalue weighted by Gasteiger charge is 2.12. The summed E-state index contributed by atoms with van der Waals surface area (Å²) in [5, 5.41) is 10.1. The number of benzene rings is 3. The van der Waals surface area contributed by atoms with Crippen LogP contribution in [0.4, 0.5) is 11.4 Å². The Morgan fingerprint density at radius 1 is 1.07 bits per heavy atom. The van der Waals surface area contributed by atoms with E-state index in [0.29, 0.717) is 17.9 Å². The Bertz CT molecular complexity index is 1230. The average Bonchev–Trinajstić information content (AvgIpc) is 3.06. The second kappa shape index (κ2) is 6.93. The van der Waals surface area contributed by atoms with Gasteiger partial charge >= 0.3 is 5.97 Å². The summed E-state index contributed by atoms with van der Waals surface area (Å²) in [6.07, 6.45) is 2.05. The van der Waals surface area contributed by atoms with Gasteiger partial charge in [0.2, 0.25) is 0 Å². The highest BCUT2D eigenvalue weighted by Crippen LogP contribution is 2.34. The molecule has 0 unspecified atom stereocenters. The minimum Gasteiger partial charge on any atom is -0.478 e. The molecular weight excluding hydrogens is 350 g/mol. The van der Waals surface area contributed by atoms with Crippen molar-refractivity contribution in [3.8, 4) is 11.1 Å². The fourth-order valence-electron chi connectivity index (χ4n) is 3.37. The fourth-order valence-corrected chi connectivity index (χ4v) is 3.37. The Labute approximate surface area is 162 Å². The molecule has 4 rings (SSSR count). The Hall–Kier alpha value is -4.04. The highest BCUT2D eigenvalue weighted by molar-refractivity contribution is 5.98. The Morgan fingerprint density at radius 3 is 2.54 bits per heavy atom. The number of aromatic nitrogens is 1. The molecule has 0 radical (unpaired) electrons.